The highest BCUT2D eigenvalue weighted by Gasteiger charge is 2.32. The van der Waals surface area contributed by atoms with Crippen molar-refractivity contribution < 1.29 is 13.2 Å². The maximum Gasteiger partial charge on any atom is 0.243 e. The lowest BCUT2D eigenvalue weighted by molar-refractivity contribution is 0.283. The Bertz CT molecular complexity index is 641. The van der Waals surface area contributed by atoms with E-state index in [-0.39, 0.29) is 12.0 Å². The van der Waals surface area contributed by atoms with E-state index in [1.165, 1.54) is 0 Å². The van der Waals surface area contributed by atoms with E-state index in [9.17, 15) is 8.42 Å². The lowest BCUT2D eigenvalue weighted by atomic mass is 10.0. The first-order chi connectivity index (χ1) is 10.3. The molecular formula is C16H26N2O3S. The second kappa shape index (κ2) is 6.56. The van der Waals surface area contributed by atoms with E-state index in [1.54, 1.807) is 17.5 Å². The predicted octanol–water partition coefficient (Wildman–Crippen LogP) is 2.11. The minimum atomic E-state index is -3.49. The summed E-state index contributed by atoms with van der Waals surface area (Å²) >= 11 is 0. The van der Waals surface area contributed by atoms with Crippen molar-refractivity contribution >= 4 is 10.0 Å². The Kier molecular flexibility index (Phi) is 5.14. The normalized spacial score (nSPS) is 20.4. The molecule has 1 saturated heterocycles. The van der Waals surface area contributed by atoms with E-state index < -0.39 is 10.0 Å². The molecule has 22 heavy (non-hydrogen) atoms. The van der Waals surface area contributed by atoms with Gasteiger partial charge in [0.15, 0.2) is 0 Å². The van der Waals surface area contributed by atoms with Crippen LogP contribution in [0.15, 0.2) is 17.0 Å². The van der Waals surface area contributed by atoms with Gasteiger partial charge in [-0.15, -0.1) is 0 Å². The van der Waals surface area contributed by atoms with Crippen molar-refractivity contribution in [2.75, 3.05) is 26.7 Å². The van der Waals surface area contributed by atoms with Crippen LogP contribution >= 0.6 is 0 Å². The second-order valence-electron chi connectivity index (χ2n) is 6.18. The predicted molar refractivity (Wildman–Crippen MR) is 88.0 cm³/mol. The molecule has 1 N–H and O–H groups in total. The zero-order valence-electron chi connectivity index (χ0n) is 14.0. The highest BCUT2D eigenvalue weighted by Crippen LogP contribution is 2.33. The van der Waals surface area contributed by atoms with Gasteiger partial charge in [-0.05, 0) is 43.0 Å². The minimum absolute atomic E-state index is 0.0391. The Morgan fingerprint density at radius 1 is 1.36 bits per heavy atom. The fourth-order valence-corrected chi connectivity index (χ4v) is 4.76. The first-order valence-corrected chi connectivity index (χ1v) is 9.14. The zero-order chi connectivity index (χ0) is 16.5. The van der Waals surface area contributed by atoms with Crippen molar-refractivity contribution in [3.8, 4) is 5.75 Å². The van der Waals surface area contributed by atoms with Crippen molar-refractivity contribution in [1.82, 2.24) is 9.62 Å². The Labute approximate surface area is 133 Å². The number of rotatable bonds is 4. The molecule has 2 rings (SSSR count). The van der Waals surface area contributed by atoms with Gasteiger partial charge in [-0.3, -0.25) is 0 Å². The number of aryl methyl sites for hydroxylation is 1. The number of sulfonamides is 1. The Morgan fingerprint density at radius 3 is 2.59 bits per heavy atom. The van der Waals surface area contributed by atoms with Crippen molar-refractivity contribution in [3.05, 3.63) is 23.3 Å². The zero-order valence-corrected chi connectivity index (χ0v) is 14.8. The van der Waals surface area contributed by atoms with Crippen molar-refractivity contribution in [2.24, 2.45) is 0 Å². The van der Waals surface area contributed by atoms with Crippen LogP contribution in [-0.2, 0) is 10.0 Å². The summed E-state index contributed by atoms with van der Waals surface area (Å²) in [6.07, 6.45) is 0. The molecule has 5 nitrogen and oxygen atoms in total. The molecule has 0 saturated carbocycles. The van der Waals surface area contributed by atoms with Gasteiger partial charge in [-0.25, -0.2) is 8.42 Å². The minimum Gasteiger partial charge on any atom is -0.496 e. The highest BCUT2D eigenvalue weighted by atomic mass is 32.2. The SMILES string of the molecule is COc1cc(C)c(S(=O)(=O)N2CCNCC2C)cc1C(C)C. The topological polar surface area (TPSA) is 58.6 Å². The van der Waals surface area contributed by atoms with E-state index in [0.29, 0.717) is 24.5 Å². The van der Waals surface area contributed by atoms with Gasteiger partial charge in [-0.1, -0.05) is 13.8 Å². The first-order valence-electron chi connectivity index (χ1n) is 7.70. The highest BCUT2D eigenvalue weighted by molar-refractivity contribution is 7.89. The van der Waals surface area contributed by atoms with Crippen molar-refractivity contribution in [3.63, 3.8) is 0 Å². The van der Waals surface area contributed by atoms with Gasteiger partial charge in [0.1, 0.15) is 5.75 Å². The molecular weight excluding hydrogens is 300 g/mol. The molecule has 1 atom stereocenters. The van der Waals surface area contributed by atoms with Crippen LogP contribution in [0.5, 0.6) is 5.75 Å². The molecule has 1 heterocycles. The molecule has 1 aliphatic rings. The van der Waals surface area contributed by atoms with Crippen molar-refractivity contribution in [1.29, 1.82) is 0 Å². The van der Waals surface area contributed by atoms with Crippen LogP contribution < -0.4 is 10.1 Å². The summed E-state index contributed by atoms with van der Waals surface area (Å²) in [5.74, 6) is 0.949. The fraction of sp³-hybridized carbons (Fsp3) is 0.625. The van der Waals surface area contributed by atoms with Gasteiger partial charge in [-0.2, -0.15) is 4.31 Å². The van der Waals surface area contributed by atoms with Crippen LogP contribution in [0.1, 0.15) is 37.8 Å². The van der Waals surface area contributed by atoms with E-state index in [2.05, 4.69) is 5.32 Å². The third-order valence-electron chi connectivity index (χ3n) is 4.18. The quantitative estimate of drug-likeness (QED) is 0.921. The summed E-state index contributed by atoms with van der Waals surface area (Å²) in [5, 5.41) is 3.22. The molecule has 0 amide bonds. The number of hydrogen-bond acceptors (Lipinski definition) is 4. The Balaban J connectivity index is 2.53. The molecule has 0 aromatic heterocycles. The number of nitrogens with zero attached hydrogens (tertiary/aromatic N) is 1. The number of hydrogen-bond donors (Lipinski definition) is 1. The third-order valence-corrected chi connectivity index (χ3v) is 6.33. The smallest absolute Gasteiger partial charge is 0.243 e. The lowest BCUT2D eigenvalue weighted by Crippen LogP contribution is -2.52. The van der Waals surface area contributed by atoms with E-state index in [4.69, 9.17) is 4.74 Å². The summed E-state index contributed by atoms with van der Waals surface area (Å²) in [4.78, 5) is 0.394. The third kappa shape index (κ3) is 3.14. The second-order valence-corrected chi connectivity index (χ2v) is 8.04. The molecule has 6 heteroatoms. The lowest BCUT2D eigenvalue weighted by Gasteiger charge is -2.33. The van der Waals surface area contributed by atoms with Crippen LogP contribution in [0.2, 0.25) is 0 Å². The number of ether oxygens (including phenoxy) is 1. The molecule has 0 aliphatic carbocycles. The number of piperazine rings is 1. The van der Waals surface area contributed by atoms with E-state index >= 15 is 0 Å². The van der Waals surface area contributed by atoms with Crippen LogP contribution in [-0.4, -0.2) is 45.5 Å². The van der Waals surface area contributed by atoms with Crippen LogP contribution in [0.3, 0.4) is 0 Å². The summed E-state index contributed by atoms with van der Waals surface area (Å²) < 4.78 is 33.1. The average molecular weight is 326 g/mol. The van der Waals surface area contributed by atoms with Gasteiger partial charge in [0.25, 0.3) is 0 Å². The molecule has 0 bridgehead atoms. The molecule has 0 spiro atoms. The Hall–Kier alpha value is -1.11. The number of nitrogens with one attached hydrogen (secondary N) is 1. The van der Waals surface area contributed by atoms with Crippen LogP contribution in [0, 0.1) is 6.92 Å². The average Bonchev–Trinajstić information content (AvgIpc) is 2.46. The number of benzene rings is 1. The van der Waals surface area contributed by atoms with Gasteiger partial charge in [0, 0.05) is 25.7 Å². The van der Waals surface area contributed by atoms with E-state index in [1.807, 2.05) is 33.8 Å². The van der Waals surface area contributed by atoms with Crippen LogP contribution in [0.25, 0.3) is 0 Å². The van der Waals surface area contributed by atoms with Gasteiger partial charge >= 0.3 is 0 Å². The molecule has 1 unspecified atom stereocenters. The maximum atomic E-state index is 13.1. The largest absolute Gasteiger partial charge is 0.496 e. The molecule has 1 aromatic rings. The molecule has 1 fully saturated rings. The standard InChI is InChI=1S/C16H26N2O3S/c1-11(2)14-9-16(12(3)8-15(14)21-5)22(19,20)18-7-6-17-10-13(18)4/h8-9,11,13,17H,6-7,10H2,1-5H3. The fourth-order valence-electron chi connectivity index (χ4n) is 2.89. The van der Waals surface area contributed by atoms with Gasteiger partial charge in [0.2, 0.25) is 10.0 Å². The molecule has 1 aliphatic heterocycles. The molecule has 124 valence electrons. The molecule has 0 radical (unpaired) electrons. The summed E-state index contributed by atoms with van der Waals surface area (Å²) in [6.45, 7) is 9.72. The summed E-state index contributed by atoms with van der Waals surface area (Å²) in [7, 11) is -1.87. The summed E-state index contributed by atoms with van der Waals surface area (Å²) in [6, 6.07) is 3.57. The monoisotopic (exact) mass is 326 g/mol. The first kappa shape index (κ1) is 17.2. The van der Waals surface area contributed by atoms with Gasteiger partial charge < -0.3 is 10.1 Å². The van der Waals surface area contributed by atoms with Crippen LogP contribution in [0.4, 0.5) is 0 Å². The van der Waals surface area contributed by atoms with Crippen molar-refractivity contribution in [2.45, 2.75) is 44.6 Å². The summed E-state index contributed by atoms with van der Waals surface area (Å²) in [5.41, 5.74) is 1.65. The Morgan fingerprint density at radius 2 is 2.05 bits per heavy atom. The van der Waals surface area contributed by atoms with Gasteiger partial charge in [0.05, 0.1) is 12.0 Å². The number of methoxy groups -OCH3 is 1. The maximum absolute atomic E-state index is 13.1. The molecule has 1 aromatic carbocycles. The van der Waals surface area contributed by atoms with E-state index in [0.717, 1.165) is 16.9 Å².